The van der Waals surface area contributed by atoms with Crippen molar-refractivity contribution in [2.75, 3.05) is 0 Å². The van der Waals surface area contributed by atoms with Crippen molar-refractivity contribution in [1.82, 2.24) is 19.2 Å². The standard InChI is InChI=1S/C19H14F2N4OS/c20-15-6-7-16(21)14(10-15)11-25-19(26)24-9-8-22-18(17(24)23-25)27-12-13-4-2-1-3-5-13/h1-10H,11-12H2. The molecule has 2 aromatic heterocycles. The molecule has 0 bridgehead atoms. The van der Waals surface area contributed by atoms with Gasteiger partial charge in [0.25, 0.3) is 0 Å². The summed E-state index contributed by atoms with van der Waals surface area (Å²) >= 11 is 1.46. The lowest BCUT2D eigenvalue weighted by Gasteiger charge is -2.02. The van der Waals surface area contributed by atoms with E-state index in [0.717, 1.165) is 28.4 Å². The summed E-state index contributed by atoms with van der Waals surface area (Å²) < 4.78 is 29.8. The summed E-state index contributed by atoms with van der Waals surface area (Å²) in [7, 11) is 0. The van der Waals surface area contributed by atoms with E-state index in [0.29, 0.717) is 16.4 Å². The highest BCUT2D eigenvalue weighted by Gasteiger charge is 2.14. The van der Waals surface area contributed by atoms with Crippen LogP contribution in [0.4, 0.5) is 8.78 Å². The quantitative estimate of drug-likeness (QED) is 0.494. The number of aromatic nitrogens is 4. The van der Waals surface area contributed by atoms with Crippen molar-refractivity contribution in [3.8, 4) is 0 Å². The lowest BCUT2D eigenvalue weighted by Crippen LogP contribution is -2.22. The number of nitrogens with zero attached hydrogens (tertiary/aromatic N) is 4. The first-order chi connectivity index (χ1) is 13.1. The zero-order valence-corrected chi connectivity index (χ0v) is 14.9. The van der Waals surface area contributed by atoms with E-state index in [2.05, 4.69) is 10.1 Å². The Balaban J connectivity index is 1.67. The molecule has 0 aliphatic heterocycles. The molecule has 2 heterocycles. The summed E-state index contributed by atoms with van der Waals surface area (Å²) in [6, 6.07) is 13.0. The molecular formula is C19H14F2N4OS. The first-order valence-corrected chi connectivity index (χ1v) is 9.15. The third-order valence-corrected chi connectivity index (χ3v) is 5.05. The normalized spacial score (nSPS) is 11.2. The van der Waals surface area contributed by atoms with E-state index >= 15 is 0 Å². The summed E-state index contributed by atoms with van der Waals surface area (Å²) in [5.41, 5.74) is 1.14. The molecule has 0 aliphatic rings. The van der Waals surface area contributed by atoms with E-state index < -0.39 is 17.3 Å². The molecule has 0 spiro atoms. The second kappa shape index (κ2) is 7.32. The molecular weight excluding hydrogens is 370 g/mol. The van der Waals surface area contributed by atoms with Gasteiger partial charge in [0.05, 0.1) is 6.54 Å². The van der Waals surface area contributed by atoms with Gasteiger partial charge < -0.3 is 0 Å². The highest BCUT2D eigenvalue weighted by molar-refractivity contribution is 7.98. The van der Waals surface area contributed by atoms with Crippen molar-refractivity contribution in [3.63, 3.8) is 0 Å². The number of halogens is 2. The lowest BCUT2D eigenvalue weighted by molar-refractivity contribution is 0.561. The lowest BCUT2D eigenvalue weighted by atomic mass is 10.2. The Morgan fingerprint density at radius 1 is 1.07 bits per heavy atom. The smallest absolute Gasteiger partial charge is 0.246 e. The Hall–Kier alpha value is -3.00. The molecule has 8 heteroatoms. The van der Waals surface area contributed by atoms with Crippen molar-refractivity contribution >= 4 is 17.4 Å². The molecule has 0 saturated heterocycles. The largest absolute Gasteiger partial charge is 0.350 e. The second-order valence-corrected chi connectivity index (χ2v) is 6.84. The van der Waals surface area contributed by atoms with Crippen LogP contribution >= 0.6 is 11.8 Å². The van der Waals surface area contributed by atoms with Crippen LogP contribution in [0, 0.1) is 11.6 Å². The number of thioether (sulfide) groups is 1. The molecule has 0 atom stereocenters. The first-order valence-electron chi connectivity index (χ1n) is 8.16. The Morgan fingerprint density at radius 3 is 2.70 bits per heavy atom. The average molecular weight is 384 g/mol. The summed E-state index contributed by atoms with van der Waals surface area (Å²) in [6.45, 7) is -0.160. The Morgan fingerprint density at radius 2 is 1.89 bits per heavy atom. The van der Waals surface area contributed by atoms with Crippen LogP contribution < -0.4 is 5.69 Å². The fourth-order valence-electron chi connectivity index (χ4n) is 2.68. The van der Waals surface area contributed by atoms with Crippen LogP contribution in [0.2, 0.25) is 0 Å². The Kier molecular flexibility index (Phi) is 4.72. The maximum atomic E-state index is 13.9. The molecule has 0 N–H and O–H groups in total. The van der Waals surface area contributed by atoms with Gasteiger partial charge in [-0.15, -0.1) is 5.10 Å². The van der Waals surface area contributed by atoms with E-state index in [4.69, 9.17) is 0 Å². The molecule has 0 amide bonds. The molecule has 2 aromatic carbocycles. The Labute approximate surface area is 157 Å². The van der Waals surface area contributed by atoms with Gasteiger partial charge in [-0.1, -0.05) is 42.1 Å². The van der Waals surface area contributed by atoms with E-state index in [1.807, 2.05) is 30.3 Å². The monoisotopic (exact) mass is 384 g/mol. The van der Waals surface area contributed by atoms with Crippen LogP contribution in [0.25, 0.3) is 5.65 Å². The summed E-state index contributed by atoms with van der Waals surface area (Å²) in [5, 5.41) is 4.88. The molecule has 27 heavy (non-hydrogen) atoms. The molecule has 4 rings (SSSR count). The van der Waals surface area contributed by atoms with Crippen LogP contribution in [-0.2, 0) is 12.3 Å². The van der Waals surface area contributed by atoms with Crippen molar-refractivity contribution in [3.05, 3.63) is 94.2 Å². The summed E-state index contributed by atoms with van der Waals surface area (Å²) in [5.74, 6) is -0.478. The number of benzene rings is 2. The SMILES string of the molecule is O=c1n(Cc2cc(F)ccc2F)nc2c(SCc3ccccc3)nccn12. The molecule has 136 valence electrons. The van der Waals surface area contributed by atoms with E-state index in [1.54, 1.807) is 0 Å². The van der Waals surface area contributed by atoms with Gasteiger partial charge in [-0.3, -0.25) is 0 Å². The zero-order chi connectivity index (χ0) is 18.8. The molecule has 5 nitrogen and oxygen atoms in total. The zero-order valence-electron chi connectivity index (χ0n) is 14.0. The third kappa shape index (κ3) is 3.61. The van der Waals surface area contributed by atoms with Crippen LogP contribution in [0.5, 0.6) is 0 Å². The molecule has 0 radical (unpaired) electrons. The highest BCUT2D eigenvalue weighted by Crippen LogP contribution is 2.23. The highest BCUT2D eigenvalue weighted by atomic mass is 32.2. The van der Waals surface area contributed by atoms with Gasteiger partial charge in [0.2, 0.25) is 0 Å². The molecule has 0 saturated carbocycles. The van der Waals surface area contributed by atoms with Gasteiger partial charge in [0, 0.05) is 23.7 Å². The van der Waals surface area contributed by atoms with Crippen molar-refractivity contribution < 1.29 is 8.78 Å². The molecule has 4 aromatic rings. The number of hydrogen-bond donors (Lipinski definition) is 0. The van der Waals surface area contributed by atoms with Gasteiger partial charge in [-0.2, -0.15) is 0 Å². The van der Waals surface area contributed by atoms with Gasteiger partial charge in [0.1, 0.15) is 16.7 Å². The average Bonchev–Trinajstić information content (AvgIpc) is 3.00. The van der Waals surface area contributed by atoms with Crippen LogP contribution in [0.15, 0.2) is 70.7 Å². The van der Waals surface area contributed by atoms with Gasteiger partial charge >= 0.3 is 5.69 Å². The summed E-state index contributed by atoms with van der Waals surface area (Å²) in [6.07, 6.45) is 3.03. The van der Waals surface area contributed by atoms with Crippen molar-refractivity contribution in [1.29, 1.82) is 0 Å². The minimum atomic E-state index is -0.586. The molecule has 0 unspecified atom stereocenters. The number of fused-ring (bicyclic) bond motifs is 1. The van der Waals surface area contributed by atoms with Crippen LogP contribution in [-0.4, -0.2) is 19.2 Å². The maximum Gasteiger partial charge on any atom is 0.350 e. The van der Waals surface area contributed by atoms with E-state index in [1.165, 1.54) is 28.6 Å². The minimum absolute atomic E-state index is 0.0620. The van der Waals surface area contributed by atoms with Gasteiger partial charge in [0.15, 0.2) is 5.65 Å². The first kappa shape index (κ1) is 17.4. The van der Waals surface area contributed by atoms with Gasteiger partial charge in [-0.25, -0.2) is 27.6 Å². The van der Waals surface area contributed by atoms with Crippen molar-refractivity contribution in [2.45, 2.75) is 17.3 Å². The predicted octanol–water partition coefficient (Wildman–Crippen LogP) is 3.51. The third-order valence-electron chi connectivity index (χ3n) is 4.02. The summed E-state index contributed by atoms with van der Waals surface area (Å²) in [4.78, 5) is 16.9. The second-order valence-electron chi connectivity index (χ2n) is 5.88. The predicted molar refractivity (Wildman–Crippen MR) is 98.7 cm³/mol. The van der Waals surface area contributed by atoms with Crippen LogP contribution in [0.1, 0.15) is 11.1 Å². The molecule has 0 aliphatic carbocycles. The van der Waals surface area contributed by atoms with E-state index in [9.17, 15) is 13.6 Å². The fraction of sp³-hybridized carbons (Fsp3) is 0.105. The fourth-order valence-corrected chi connectivity index (χ4v) is 3.58. The number of rotatable bonds is 5. The minimum Gasteiger partial charge on any atom is -0.246 e. The van der Waals surface area contributed by atoms with Gasteiger partial charge in [-0.05, 0) is 23.8 Å². The van der Waals surface area contributed by atoms with Crippen molar-refractivity contribution in [2.24, 2.45) is 0 Å². The van der Waals surface area contributed by atoms with Crippen LogP contribution in [0.3, 0.4) is 0 Å². The maximum absolute atomic E-state index is 13.9. The topological polar surface area (TPSA) is 52.2 Å². The Bertz CT molecular complexity index is 1160. The van der Waals surface area contributed by atoms with E-state index in [-0.39, 0.29) is 12.1 Å². The number of hydrogen-bond acceptors (Lipinski definition) is 4. The molecule has 0 fully saturated rings.